The van der Waals surface area contributed by atoms with Gasteiger partial charge in [-0.1, -0.05) is 0 Å². The van der Waals surface area contributed by atoms with Crippen LogP contribution in [0.2, 0.25) is 0 Å². The second kappa shape index (κ2) is 5.78. The maximum Gasteiger partial charge on any atom is 0.422 e. The van der Waals surface area contributed by atoms with E-state index in [-0.39, 0.29) is 11.4 Å². The third-order valence-corrected chi connectivity index (χ3v) is 3.26. The summed E-state index contributed by atoms with van der Waals surface area (Å²) >= 11 is 0. The van der Waals surface area contributed by atoms with Gasteiger partial charge in [0.05, 0.1) is 5.69 Å². The summed E-state index contributed by atoms with van der Waals surface area (Å²) in [5.74, 6) is 0.0822. The van der Waals surface area contributed by atoms with Crippen LogP contribution in [0.4, 0.5) is 24.5 Å². The number of ether oxygens (including phenoxy) is 1. The van der Waals surface area contributed by atoms with Crippen molar-refractivity contribution in [2.45, 2.75) is 6.18 Å². The number of hydrogen-bond acceptors (Lipinski definition) is 4. The maximum atomic E-state index is 12.2. The summed E-state index contributed by atoms with van der Waals surface area (Å²) in [6.07, 6.45) is -4.36. The number of alkyl halides is 3. The van der Waals surface area contributed by atoms with Gasteiger partial charge >= 0.3 is 6.18 Å². The molecule has 0 atom stereocenters. The molecule has 7 heteroatoms. The van der Waals surface area contributed by atoms with Crippen molar-refractivity contribution in [1.82, 2.24) is 4.90 Å². The third-order valence-electron chi connectivity index (χ3n) is 3.26. The zero-order valence-corrected chi connectivity index (χ0v) is 11.3. The van der Waals surface area contributed by atoms with Gasteiger partial charge in [0.25, 0.3) is 0 Å². The third kappa shape index (κ3) is 3.93. The minimum atomic E-state index is -4.36. The molecule has 20 heavy (non-hydrogen) atoms. The molecule has 1 aromatic carbocycles. The molecule has 0 saturated carbocycles. The van der Waals surface area contributed by atoms with E-state index in [1.165, 1.54) is 0 Å². The van der Waals surface area contributed by atoms with E-state index in [1.54, 1.807) is 18.2 Å². The summed E-state index contributed by atoms with van der Waals surface area (Å²) in [6, 6.07) is 4.97. The number of halogens is 3. The first kappa shape index (κ1) is 14.8. The van der Waals surface area contributed by atoms with Gasteiger partial charge in [-0.15, -0.1) is 0 Å². The highest BCUT2D eigenvalue weighted by molar-refractivity contribution is 5.62. The Morgan fingerprint density at radius 3 is 2.45 bits per heavy atom. The molecule has 1 fully saturated rings. The fourth-order valence-corrected chi connectivity index (χ4v) is 2.07. The average Bonchev–Trinajstić information content (AvgIpc) is 2.38. The van der Waals surface area contributed by atoms with Crippen LogP contribution in [-0.4, -0.2) is 50.9 Å². The standard InChI is InChI=1S/C13H18F3N3O/c1-18-4-6-19(7-5-18)10-2-3-11(17)12(8-10)20-9-13(14,15)16/h2-3,8H,4-7,9,17H2,1H3. The molecule has 0 bridgehead atoms. The second-order valence-electron chi connectivity index (χ2n) is 4.92. The number of nitrogen functional groups attached to an aromatic ring is 1. The van der Waals surface area contributed by atoms with Crippen molar-refractivity contribution in [3.8, 4) is 5.75 Å². The predicted octanol–water partition coefficient (Wildman–Crippen LogP) is 1.96. The molecule has 1 aliphatic rings. The number of rotatable bonds is 3. The smallest absolute Gasteiger partial charge is 0.422 e. The van der Waals surface area contributed by atoms with E-state index in [0.29, 0.717) is 0 Å². The van der Waals surface area contributed by atoms with Crippen LogP contribution in [0.1, 0.15) is 0 Å². The molecule has 0 aliphatic carbocycles. The highest BCUT2D eigenvalue weighted by atomic mass is 19.4. The Labute approximate surface area is 115 Å². The zero-order valence-electron chi connectivity index (χ0n) is 11.3. The number of likely N-dealkylation sites (N-methyl/N-ethyl adjacent to an activating group) is 1. The van der Waals surface area contributed by atoms with E-state index < -0.39 is 12.8 Å². The first-order chi connectivity index (χ1) is 9.35. The van der Waals surface area contributed by atoms with Crippen LogP contribution < -0.4 is 15.4 Å². The Morgan fingerprint density at radius 1 is 1.20 bits per heavy atom. The van der Waals surface area contributed by atoms with Crippen molar-refractivity contribution in [3.05, 3.63) is 18.2 Å². The topological polar surface area (TPSA) is 41.7 Å². The van der Waals surface area contributed by atoms with Crippen LogP contribution in [0.15, 0.2) is 18.2 Å². The van der Waals surface area contributed by atoms with Crippen molar-refractivity contribution in [2.24, 2.45) is 0 Å². The van der Waals surface area contributed by atoms with E-state index in [0.717, 1.165) is 31.9 Å². The summed E-state index contributed by atoms with van der Waals surface area (Å²) in [6.45, 7) is 2.17. The van der Waals surface area contributed by atoms with Crippen molar-refractivity contribution in [3.63, 3.8) is 0 Å². The minimum absolute atomic E-state index is 0.0822. The number of anilines is 2. The number of benzene rings is 1. The van der Waals surface area contributed by atoms with Crippen molar-refractivity contribution < 1.29 is 17.9 Å². The summed E-state index contributed by atoms with van der Waals surface area (Å²) in [5.41, 5.74) is 6.70. The summed E-state index contributed by atoms with van der Waals surface area (Å²) in [5, 5.41) is 0. The van der Waals surface area contributed by atoms with E-state index in [4.69, 9.17) is 10.5 Å². The lowest BCUT2D eigenvalue weighted by Gasteiger charge is -2.34. The fourth-order valence-electron chi connectivity index (χ4n) is 2.07. The Morgan fingerprint density at radius 2 is 1.85 bits per heavy atom. The minimum Gasteiger partial charge on any atom is -0.482 e. The molecule has 2 N–H and O–H groups in total. The molecule has 1 saturated heterocycles. The SMILES string of the molecule is CN1CCN(c2ccc(N)c(OCC(F)(F)F)c2)CC1. The lowest BCUT2D eigenvalue weighted by Crippen LogP contribution is -2.44. The summed E-state index contributed by atoms with van der Waals surface area (Å²) < 4.78 is 41.3. The number of nitrogens with two attached hydrogens (primary N) is 1. The molecule has 4 nitrogen and oxygen atoms in total. The molecule has 0 unspecified atom stereocenters. The number of piperazine rings is 1. The highest BCUT2D eigenvalue weighted by Gasteiger charge is 2.29. The number of nitrogens with zero attached hydrogens (tertiary/aromatic N) is 2. The quantitative estimate of drug-likeness (QED) is 0.864. The van der Waals surface area contributed by atoms with Crippen molar-refractivity contribution in [1.29, 1.82) is 0 Å². The van der Waals surface area contributed by atoms with Crippen LogP contribution in [0, 0.1) is 0 Å². The Balaban J connectivity index is 2.08. The van der Waals surface area contributed by atoms with Gasteiger partial charge in [0.15, 0.2) is 6.61 Å². The summed E-state index contributed by atoms with van der Waals surface area (Å²) in [7, 11) is 2.04. The Bertz CT molecular complexity index is 457. The van der Waals surface area contributed by atoms with Gasteiger partial charge in [0.1, 0.15) is 5.75 Å². The molecule has 1 aromatic rings. The molecular weight excluding hydrogens is 271 g/mol. The van der Waals surface area contributed by atoms with Crippen LogP contribution in [0.25, 0.3) is 0 Å². The molecule has 2 rings (SSSR count). The molecule has 0 amide bonds. The monoisotopic (exact) mass is 289 g/mol. The van der Waals surface area contributed by atoms with Gasteiger partial charge in [0.2, 0.25) is 0 Å². The van der Waals surface area contributed by atoms with Gasteiger partial charge in [-0.3, -0.25) is 0 Å². The molecule has 1 heterocycles. The second-order valence-corrected chi connectivity index (χ2v) is 4.92. The van der Waals surface area contributed by atoms with Crippen molar-refractivity contribution >= 4 is 11.4 Å². The van der Waals surface area contributed by atoms with Crippen LogP contribution >= 0.6 is 0 Å². The maximum absolute atomic E-state index is 12.2. The molecule has 0 aromatic heterocycles. The fraction of sp³-hybridized carbons (Fsp3) is 0.538. The Hall–Kier alpha value is -1.63. The highest BCUT2D eigenvalue weighted by Crippen LogP contribution is 2.29. The molecule has 0 radical (unpaired) electrons. The lowest BCUT2D eigenvalue weighted by atomic mass is 10.2. The van der Waals surface area contributed by atoms with Gasteiger partial charge in [-0.05, 0) is 19.2 Å². The van der Waals surface area contributed by atoms with Crippen molar-refractivity contribution in [2.75, 3.05) is 50.5 Å². The first-order valence-corrected chi connectivity index (χ1v) is 6.38. The first-order valence-electron chi connectivity index (χ1n) is 6.38. The average molecular weight is 289 g/mol. The summed E-state index contributed by atoms with van der Waals surface area (Å²) in [4.78, 5) is 4.31. The molecule has 0 spiro atoms. The van der Waals surface area contributed by atoms with Gasteiger partial charge in [-0.25, -0.2) is 0 Å². The van der Waals surface area contributed by atoms with E-state index >= 15 is 0 Å². The van der Waals surface area contributed by atoms with Crippen LogP contribution in [0.3, 0.4) is 0 Å². The Kier molecular flexibility index (Phi) is 4.27. The molecule has 1 aliphatic heterocycles. The van der Waals surface area contributed by atoms with Gasteiger partial charge in [-0.2, -0.15) is 13.2 Å². The molecular formula is C13H18F3N3O. The van der Waals surface area contributed by atoms with E-state index in [9.17, 15) is 13.2 Å². The van der Waals surface area contributed by atoms with Gasteiger partial charge < -0.3 is 20.3 Å². The molecule has 112 valence electrons. The van der Waals surface area contributed by atoms with E-state index in [1.807, 2.05) is 7.05 Å². The zero-order chi connectivity index (χ0) is 14.8. The largest absolute Gasteiger partial charge is 0.482 e. The number of hydrogen-bond donors (Lipinski definition) is 1. The van der Waals surface area contributed by atoms with Gasteiger partial charge in [0, 0.05) is 37.9 Å². The predicted molar refractivity (Wildman–Crippen MR) is 72.1 cm³/mol. The lowest BCUT2D eigenvalue weighted by molar-refractivity contribution is -0.153. The normalized spacial score (nSPS) is 17.3. The van der Waals surface area contributed by atoms with Crippen LogP contribution in [-0.2, 0) is 0 Å². The van der Waals surface area contributed by atoms with E-state index in [2.05, 4.69) is 9.80 Å². The van der Waals surface area contributed by atoms with Crippen LogP contribution in [0.5, 0.6) is 5.75 Å².